The first kappa shape index (κ1) is 19.8. The van der Waals surface area contributed by atoms with E-state index in [2.05, 4.69) is 25.8 Å². The topological polar surface area (TPSA) is 98.9 Å². The zero-order valence-corrected chi connectivity index (χ0v) is 17.5. The van der Waals surface area contributed by atoms with E-state index in [4.69, 9.17) is 4.74 Å². The molecule has 1 aliphatic heterocycles. The van der Waals surface area contributed by atoms with Crippen molar-refractivity contribution in [3.05, 3.63) is 70.4 Å². The SMILES string of the molecule is O=[N+]([O-])c1ccc(CSc2nnc(-c3c[nH]c4ccccc34)n2CC2CCCO2)cc1. The van der Waals surface area contributed by atoms with Gasteiger partial charge in [0.2, 0.25) is 0 Å². The number of aromatic amines is 1. The lowest BCUT2D eigenvalue weighted by molar-refractivity contribution is -0.384. The second kappa shape index (κ2) is 8.52. The second-order valence-corrected chi connectivity index (χ2v) is 8.45. The summed E-state index contributed by atoms with van der Waals surface area (Å²) in [7, 11) is 0. The molecule has 1 unspecified atom stereocenters. The molecule has 1 N–H and O–H groups in total. The third-order valence-corrected chi connectivity index (χ3v) is 6.51. The first-order valence-corrected chi connectivity index (χ1v) is 11.1. The van der Waals surface area contributed by atoms with Crippen molar-refractivity contribution in [2.75, 3.05) is 6.61 Å². The quantitative estimate of drug-likeness (QED) is 0.254. The number of ether oxygens (including phenoxy) is 1. The van der Waals surface area contributed by atoms with Crippen molar-refractivity contribution in [2.24, 2.45) is 0 Å². The Kier molecular flexibility index (Phi) is 5.44. The van der Waals surface area contributed by atoms with Crippen LogP contribution in [0.1, 0.15) is 18.4 Å². The Morgan fingerprint density at radius 2 is 2.03 bits per heavy atom. The molecule has 1 saturated heterocycles. The van der Waals surface area contributed by atoms with E-state index in [0.29, 0.717) is 12.3 Å². The van der Waals surface area contributed by atoms with Crippen molar-refractivity contribution in [1.82, 2.24) is 19.7 Å². The molecule has 0 bridgehead atoms. The second-order valence-electron chi connectivity index (χ2n) is 7.51. The lowest BCUT2D eigenvalue weighted by atomic mass is 10.1. The van der Waals surface area contributed by atoms with Gasteiger partial charge >= 0.3 is 0 Å². The largest absolute Gasteiger partial charge is 0.376 e. The molecular formula is C22H21N5O3S. The molecule has 5 rings (SSSR count). The summed E-state index contributed by atoms with van der Waals surface area (Å²) >= 11 is 1.58. The molecule has 2 aromatic heterocycles. The highest BCUT2D eigenvalue weighted by atomic mass is 32.2. The summed E-state index contributed by atoms with van der Waals surface area (Å²) < 4.78 is 8.02. The van der Waals surface area contributed by atoms with E-state index in [-0.39, 0.29) is 16.7 Å². The van der Waals surface area contributed by atoms with Crippen LogP contribution in [-0.4, -0.2) is 37.4 Å². The summed E-state index contributed by atoms with van der Waals surface area (Å²) in [5.41, 5.74) is 3.17. The van der Waals surface area contributed by atoms with Gasteiger partial charge in [-0.1, -0.05) is 42.1 Å². The minimum Gasteiger partial charge on any atom is -0.376 e. The van der Waals surface area contributed by atoms with Crippen LogP contribution in [-0.2, 0) is 17.0 Å². The van der Waals surface area contributed by atoms with Gasteiger partial charge in [0.15, 0.2) is 11.0 Å². The number of H-pyrrole nitrogens is 1. The molecule has 0 aliphatic carbocycles. The smallest absolute Gasteiger partial charge is 0.269 e. The highest BCUT2D eigenvalue weighted by Gasteiger charge is 2.23. The van der Waals surface area contributed by atoms with Crippen LogP contribution in [0.15, 0.2) is 59.9 Å². The van der Waals surface area contributed by atoms with Crippen molar-refractivity contribution >= 4 is 28.4 Å². The molecule has 31 heavy (non-hydrogen) atoms. The molecule has 0 amide bonds. The van der Waals surface area contributed by atoms with Gasteiger partial charge in [-0.15, -0.1) is 10.2 Å². The Morgan fingerprint density at radius 3 is 2.81 bits per heavy atom. The van der Waals surface area contributed by atoms with Crippen LogP contribution in [0, 0.1) is 10.1 Å². The Morgan fingerprint density at radius 1 is 1.19 bits per heavy atom. The third kappa shape index (κ3) is 4.06. The molecule has 8 nitrogen and oxygen atoms in total. The van der Waals surface area contributed by atoms with Gasteiger partial charge in [0, 0.05) is 47.2 Å². The van der Waals surface area contributed by atoms with Gasteiger partial charge < -0.3 is 9.72 Å². The maximum Gasteiger partial charge on any atom is 0.269 e. The average Bonchev–Trinajstić information content (AvgIpc) is 3.53. The predicted octanol–water partition coefficient (Wildman–Crippen LogP) is 4.81. The number of thioether (sulfide) groups is 1. The molecule has 3 heterocycles. The first-order valence-electron chi connectivity index (χ1n) is 10.2. The van der Waals surface area contributed by atoms with Crippen LogP contribution in [0.2, 0.25) is 0 Å². The molecular weight excluding hydrogens is 414 g/mol. The monoisotopic (exact) mass is 435 g/mol. The average molecular weight is 436 g/mol. The number of fused-ring (bicyclic) bond motifs is 1. The maximum absolute atomic E-state index is 10.9. The highest BCUT2D eigenvalue weighted by Crippen LogP contribution is 2.32. The van der Waals surface area contributed by atoms with Gasteiger partial charge in [0.1, 0.15) is 0 Å². The summed E-state index contributed by atoms with van der Waals surface area (Å²) in [5.74, 6) is 1.47. The molecule has 1 aliphatic rings. The van der Waals surface area contributed by atoms with Crippen molar-refractivity contribution < 1.29 is 9.66 Å². The van der Waals surface area contributed by atoms with Gasteiger partial charge in [-0.25, -0.2) is 0 Å². The van der Waals surface area contributed by atoms with Crippen LogP contribution in [0.25, 0.3) is 22.3 Å². The number of para-hydroxylation sites is 1. The van der Waals surface area contributed by atoms with E-state index in [9.17, 15) is 10.1 Å². The van der Waals surface area contributed by atoms with E-state index in [1.807, 2.05) is 24.4 Å². The standard InChI is InChI=1S/C22H21N5O3S/c28-27(29)16-9-7-15(8-10-16)14-31-22-25-24-21(26(22)13-17-4-3-11-30-17)19-12-23-20-6-2-1-5-18(19)20/h1-2,5-10,12,17,23H,3-4,11,13-14H2. The molecule has 0 saturated carbocycles. The third-order valence-electron chi connectivity index (χ3n) is 5.47. The predicted molar refractivity (Wildman–Crippen MR) is 119 cm³/mol. The highest BCUT2D eigenvalue weighted by molar-refractivity contribution is 7.98. The fourth-order valence-corrected chi connectivity index (χ4v) is 4.77. The molecule has 4 aromatic rings. The van der Waals surface area contributed by atoms with Crippen LogP contribution in [0.3, 0.4) is 0 Å². The number of hydrogen-bond acceptors (Lipinski definition) is 6. The summed E-state index contributed by atoms with van der Waals surface area (Å²) in [4.78, 5) is 13.8. The number of nitrogens with one attached hydrogen (secondary N) is 1. The van der Waals surface area contributed by atoms with Crippen molar-refractivity contribution in [3.8, 4) is 11.4 Å². The zero-order chi connectivity index (χ0) is 21.2. The number of non-ortho nitro benzene ring substituents is 1. The number of nitrogens with zero attached hydrogens (tertiary/aromatic N) is 4. The molecule has 2 aromatic carbocycles. The first-order chi connectivity index (χ1) is 15.2. The summed E-state index contributed by atoms with van der Waals surface area (Å²) in [6, 6.07) is 14.8. The Hall–Kier alpha value is -3.17. The molecule has 1 fully saturated rings. The van der Waals surface area contributed by atoms with Crippen LogP contribution in [0.5, 0.6) is 0 Å². The maximum atomic E-state index is 10.9. The summed E-state index contributed by atoms with van der Waals surface area (Å²) in [5, 5.41) is 21.8. The Labute approximate surface area is 182 Å². The van der Waals surface area contributed by atoms with Crippen molar-refractivity contribution in [1.29, 1.82) is 0 Å². The van der Waals surface area contributed by atoms with E-state index in [1.165, 1.54) is 12.1 Å². The normalized spacial score (nSPS) is 16.2. The van der Waals surface area contributed by atoms with Gasteiger partial charge in [0.25, 0.3) is 5.69 Å². The Balaban J connectivity index is 1.44. The number of benzene rings is 2. The molecule has 0 spiro atoms. The molecule has 158 valence electrons. The van der Waals surface area contributed by atoms with Crippen LogP contribution >= 0.6 is 11.8 Å². The molecule has 0 radical (unpaired) electrons. The summed E-state index contributed by atoms with van der Waals surface area (Å²) in [6.07, 6.45) is 4.22. The minimum atomic E-state index is -0.386. The van der Waals surface area contributed by atoms with Gasteiger partial charge in [-0.05, 0) is 24.5 Å². The van der Waals surface area contributed by atoms with Gasteiger partial charge in [-0.2, -0.15) is 0 Å². The minimum absolute atomic E-state index is 0.0944. The zero-order valence-electron chi connectivity index (χ0n) is 16.7. The van der Waals surface area contributed by atoms with E-state index in [1.54, 1.807) is 23.9 Å². The molecule has 9 heteroatoms. The van der Waals surface area contributed by atoms with E-state index < -0.39 is 0 Å². The lowest BCUT2D eigenvalue weighted by Crippen LogP contribution is -2.16. The Bertz CT molecular complexity index is 1210. The number of aromatic nitrogens is 4. The van der Waals surface area contributed by atoms with Gasteiger partial charge in [-0.3, -0.25) is 14.7 Å². The number of hydrogen-bond donors (Lipinski definition) is 1. The fourth-order valence-electron chi connectivity index (χ4n) is 3.87. The number of nitro groups is 1. The van der Waals surface area contributed by atoms with E-state index in [0.717, 1.165) is 52.5 Å². The fraction of sp³-hybridized carbons (Fsp3) is 0.273. The molecule has 1 atom stereocenters. The number of rotatable bonds is 7. The van der Waals surface area contributed by atoms with E-state index >= 15 is 0 Å². The van der Waals surface area contributed by atoms with Crippen LogP contribution < -0.4 is 0 Å². The van der Waals surface area contributed by atoms with Crippen molar-refractivity contribution in [2.45, 2.75) is 36.4 Å². The summed E-state index contributed by atoms with van der Waals surface area (Å²) in [6.45, 7) is 1.49. The van der Waals surface area contributed by atoms with Crippen LogP contribution in [0.4, 0.5) is 5.69 Å². The van der Waals surface area contributed by atoms with Gasteiger partial charge in [0.05, 0.1) is 17.6 Å². The van der Waals surface area contributed by atoms with Crippen molar-refractivity contribution in [3.63, 3.8) is 0 Å². The number of nitro benzene ring substituents is 1. The lowest BCUT2D eigenvalue weighted by Gasteiger charge is -2.14.